The second kappa shape index (κ2) is 16.0. The Bertz CT molecular complexity index is 691. The van der Waals surface area contributed by atoms with Crippen molar-refractivity contribution >= 4 is 23.9 Å². The Morgan fingerprint density at radius 3 is 2.00 bits per heavy atom. The molecule has 1 rings (SSSR count). The fraction of sp³-hybridized carbons (Fsp3) is 0.609. The molecule has 174 valence electrons. The first-order valence-electron chi connectivity index (χ1n) is 11.1. The van der Waals surface area contributed by atoms with E-state index in [1.54, 1.807) is 0 Å². The van der Waals surface area contributed by atoms with Crippen LogP contribution in [0.1, 0.15) is 88.4 Å². The highest BCUT2D eigenvalue weighted by molar-refractivity contribution is 5.99. The van der Waals surface area contributed by atoms with Gasteiger partial charge in [-0.25, -0.2) is 14.4 Å². The number of unbranched alkanes of at least 4 members (excludes halogenated alkanes) is 8. The average Bonchev–Trinajstić information content (AvgIpc) is 2.73. The Kier molecular flexibility index (Phi) is 13.5. The van der Waals surface area contributed by atoms with Crippen LogP contribution >= 0.6 is 0 Å². The largest absolute Gasteiger partial charge is 0.513 e. The Hall–Kier alpha value is -2.77. The van der Waals surface area contributed by atoms with E-state index < -0.39 is 18.2 Å². The second-order valence-electron chi connectivity index (χ2n) is 7.30. The summed E-state index contributed by atoms with van der Waals surface area (Å²) in [6.07, 6.45) is 8.53. The molecule has 0 unspecified atom stereocenters. The van der Waals surface area contributed by atoms with Crippen LogP contribution in [0.25, 0.3) is 0 Å². The van der Waals surface area contributed by atoms with Gasteiger partial charge in [0, 0.05) is 6.07 Å². The van der Waals surface area contributed by atoms with Crippen LogP contribution < -0.4 is 10.1 Å². The van der Waals surface area contributed by atoms with Gasteiger partial charge in [0.2, 0.25) is 0 Å². The standard InChI is InChI=1S/C23H35NO7/c1-3-5-7-9-11-15-29-22(27)24-20-17-18(13-14-19(20)21(25)26)31-23(28)30-16-12-10-8-6-4-2/h13-14,17H,3-12,15-16H2,1-2H3,(H,24,27)(H,25,26). The molecule has 8 heteroatoms. The van der Waals surface area contributed by atoms with Crippen LogP contribution in [0.3, 0.4) is 0 Å². The maximum atomic E-state index is 12.0. The maximum absolute atomic E-state index is 12.0. The smallest absolute Gasteiger partial charge is 0.478 e. The summed E-state index contributed by atoms with van der Waals surface area (Å²) in [5.41, 5.74) is -0.162. The topological polar surface area (TPSA) is 111 Å². The third kappa shape index (κ3) is 11.9. The molecule has 1 aromatic carbocycles. The van der Waals surface area contributed by atoms with Gasteiger partial charge in [0.15, 0.2) is 0 Å². The predicted molar refractivity (Wildman–Crippen MR) is 118 cm³/mol. The van der Waals surface area contributed by atoms with Gasteiger partial charge in [0.1, 0.15) is 5.75 Å². The molecule has 1 aromatic rings. The second-order valence-corrected chi connectivity index (χ2v) is 7.30. The molecule has 0 bridgehead atoms. The minimum Gasteiger partial charge on any atom is -0.478 e. The number of ether oxygens (including phenoxy) is 3. The number of nitrogens with one attached hydrogen (secondary N) is 1. The van der Waals surface area contributed by atoms with Crippen molar-refractivity contribution in [1.29, 1.82) is 0 Å². The van der Waals surface area contributed by atoms with Gasteiger partial charge < -0.3 is 19.3 Å². The lowest BCUT2D eigenvalue weighted by Gasteiger charge is -2.11. The molecule has 0 heterocycles. The average molecular weight is 438 g/mol. The Labute approximate surface area is 184 Å². The van der Waals surface area contributed by atoms with Crippen LogP contribution in [-0.2, 0) is 9.47 Å². The van der Waals surface area contributed by atoms with E-state index in [0.717, 1.165) is 64.2 Å². The van der Waals surface area contributed by atoms with E-state index in [1.807, 2.05) is 0 Å². The normalized spacial score (nSPS) is 10.4. The third-order valence-corrected chi connectivity index (χ3v) is 4.61. The van der Waals surface area contributed by atoms with E-state index in [4.69, 9.17) is 14.2 Å². The molecule has 0 aliphatic heterocycles. The molecule has 0 atom stereocenters. The molecular formula is C23H35NO7. The Morgan fingerprint density at radius 1 is 0.839 bits per heavy atom. The number of rotatable bonds is 15. The summed E-state index contributed by atoms with van der Waals surface area (Å²) in [7, 11) is 0. The molecule has 8 nitrogen and oxygen atoms in total. The van der Waals surface area contributed by atoms with E-state index in [0.29, 0.717) is 0 Å². The third-order valence-electron chi connectivity index (χ3n) is 4.61. The number of benzene rings is 1. The molecule has 0 aromatic heterocycles. The van der Waals surface area contributed by atoms with Gasteiger partial charge in [-0.15, -0.1) is 0 Å². The van der Waals surface area contributed by atoms with Gasteiger partial charge in [-0.3, -0.25) is 5.32 Å². The molecule has 0 fully saturated rings. The number of carbonyl (C=O) groups is 3. The van der Waals surface area contributed by atoms with Crippen molar-refractivity contribution in [2.24, 2.45) is 0 Å². The van der Waals surface area contributed by atoms with Crippen LogP contribution in [0, 0.1) is 0 Å². The van der Waals surface area contributed by atoms with E-state index in [2.05, 4.69) is 19.2 Å². The van der Waals surface area contributed by atoms with Crippen molar-refractivity contribution in [3.63, 3.8) is 0 Å². The fourth-order valence-corrected chi connectivity index (χ4v) is 2.88. The van der Waals surface area contributed by atoms with Crippen LogP contribution in [0.15, 0.2) is 18.2 Å². The summed E-state index contributed by atoms with van der Waals surface area (Å²) in [5.74, 6) is -1.16. The number of hydrogen-bond donors (Lipinski definition) is 2. The molecule has 1 amide bonds. The monoisotopic (exact) mass is 437 g/mol. The van der Waals surface area contributed by atoms with Gasteiger partial charge in [0.25, 0.3) is 0 Å². The Balaban J connectivity index is 2.53. The van der Waals surface area contributed by atoms with E-state index in [-0.39, 0.29) is 30.2 Å². The summed E-state index contributed by atoms with van der Waals surface area (Å²) in [4.78, 5) is 35.3. The van der Waals surface area contributed by atoms with Crippen LogP contribution in [-0.4, -0.2) is 36.5 Å². The maximum Gasteiger partial charge on any atom is 0.513 e. The molecule has 0 spiro atoms. The highest BCUT2D eigenvalue weighted by Crippen LogP contribution is 2.23. The van der Waals surface area contributed by atoms with Crippen LogP contribution in [0.5, 0.6) is 5.75 Å². The van der Waals surface area contributed by atoms with Crippen LogP contribution in [0.4, 0.5) is 15.3 Å². The van der Waals surface area contributed by atoms with E-state index in [9.17, 15) is 19.5 Å². The molecular weight excluding hydrogens is 402 g/mol. The predicted octanol–water partition coefficient (Wildman–Crippen LogP) is 6.39. The molecule has 0 aliphatic carbocycles. The minimum absolute atomic E-state index is 0.0200. The Morgan fingerprint density at radius 2 is 1.42 bits per heavy atom. The van der Waals surface area contributed by atoms with Crippen LogP contribution in [0.2, 0.25) is 0 Å². The van der Waals surface area contributed by atoms with Crippen molar-refractivity contribution < 1.29 is 33.7 Å². The zero-order chi connectivity index (χ0) is 22.9. The number of anilines is 1. The summed E-state index contributed by atoms with van der Waals surface area (Å²) in [5, 5.41) is 11.7. The van der Waals surface area contributed by atoms with Crippen molar-refractivity contribution in [2.75, 3.05) is 18.5 Å². The lowest BCUT2D eigenvalue weighted by Crippen LogP contribution is -2.17. The zero-order valence-electron chi connectivity index (χ0n) is 18.6. The molecule has 0 saturated carbocycles. The van der Waals surface area contributed by atoms with Gasteiger partial charge in [0.05, 0.1) is 24.5 Å². The first-order chi connectivity index (χ1) is 15.0. The lowest BCUT2D eigenvalue weighted by molar-refractivity contribution is 0.0698. The summed E-state index contributed by atoms with van der Waals surface area (Å²) in [6, 6.07) is 3.83. The first kappa shape index (κ1) is 26.3. The molecule has 0 saturated heterocycles. The zero-order valence-corrected chi connectivity index (χ0v) is 18.6. The first-order valence-corrected chi connectivity index (χ1v) is 11.1. The quantitative estimate of drug-likeness (QED) is 0.186. The van der Waals surface area contributed by atoms with Crippen molar-refractivity contribution in [1.82, 2.24) is 0 Å². The molecule has 0 radical (unpaired) electrons. The number of amides is 1. The lowest BCUT2D eigenvalue weighted by atomic mass is 10.1. The molecule has 2 N–H and O–H groups in total. The highest BCUT2D eigenvalue weighted by Gasteiger charge is 2.16. The number of hydrogen-bond acceptors (Lipinski definition) is 6. The van der Waals surface area contributed by atoms with Crippen molar-refractivity contribution in [3.8, 4) is 5.75 Å². The van der Waals surface area contributed by atoms with Crippen molar-refractivity contribution in [3.05, 3.63) is 23.8 Å². The van der Waals surface area contributed by atoms with E-state index in [1.165, 1.54) is 18.2 Å². The number of carbonyl (C=O) groups excluding carboxylic acids is 2. The highest BCUT2D eigenvalue weighted by atomic mass is 16.7. The summed E-state index contributed by atoms with van der Waals surface area (Å²) < 4.78 is 15.2. The van der Waals surface area contributed by atoms with Gasteiger partial charge >= 0.3 is 18.2 Å². The fourth-order valence-electron chi connectivity index (χ4n) is 2.88. The number of carboxylic acids is 1. The number of carboxylic acid groups (broad SMARTS) is 1. The van der Waals surface area contributed by atoms with Gasteiger partial charge in [-0.2, -0.15) is 0 Å². The molecule has 0 aliphatic rings. The molecule has 31 heavy (non-hydrogen) atoms. The van der Waals surface area contributed by atoms with Gasteiger partial charge in [-0.05, 0) is 25.0 Å². The van der Waals surface area contributed by atoms with E-state index >= 15 is 0 Å². The SMILES string of the molecule is CCCCCCCOC(=O)Nc1cc(OC(=O)OCCCCCCC)ccc1C(=O)O. The number of aromatic carboxylic acids is 1. The van der Waals surface area contributed by atoms with Crippen molar-refractivity contribution in [2.45, 2.75) is 78.1 Å². The van der Waals surface area contributed by atoms with Gasteiger partial charge in [-0.1, -0.05) is 65.2 Å². The summed E-state index contributed by atoms with van der Waals surface area (Å²) in [6.45, 7) is 4.75. The minimum atomic E-state index is -1.23. The summed E-state index contributed by atoms with van der Waals surface area (Å²) >= 11 is 0.